The van der Waals surface area contributed by atoms with Crippen LogP contribution < -0.4 is 0 Å². The van der Waals surface area contributed by atoms with Gasteiger partial charge in [-0.25, -0.2) is 4.79 Å². The number of ether oxygens (including phenoxy) is 2. The van der Waals surface area contributed by atoms with Crippen molar-refractivity contribution in [3.05, 3.63) is 6.26 Å². The smallest absolute Gasteiger partial charge is 0.332 e. The summed E-state index contributed by atoms with van der Waals surface area (Å²) < 4.78 is 9.59. The quantitative estimate of drug-likeness (QED) is 0.409. The standard InChI is InChI=1S/C7H13O3S.Y/c1-3-10-7(8)6-9-4-5-11-2;/h2-6H2,1H3;/q-1;. The number of hydrogen-bond donors (Lipinski definition) is 0. The molecule has 0 aliphatic carbocycles. The Labute approximate surface area is 103 Å². The molecular weight excluding hydrogens is 253 g/mol. The second kappa shape index (κ2) is 11.9. The predicted octanol–water partition coefficient (Wildman–Crippen LogP) is 1.09. The Morgan fingerprint density at radius 1 is 1.58 bits per heavy atom. The van der Waals surface area contributed by atoms with E-state index in [-0.39, 0.29) is 45.3 Å². The number of hydrogen-bond acceptors (Lipinski definition) is 4. The van der Waals surface area contributed by atoms with E-state index >= 15 is 0 Å². The topological polar surface area (TPSA) is 35.5 Å². The number of carbonyl (C=O) groups is 1. The van der Waals surface area contributed by atoms with Crippen molar-refractivity contribution in [1.29, 1.82) is 0 Å². The molecule has 12 heavy (non-hydrogen) atoms. The predicted molar refractivity (Wildman–Crippen MR) is 45.3 cm³/mol. The van der Waals surface area contributed by atoms with Gasteiger partial charge in [0.05, 0.1) is 13.2 Å². The van der Waals surface area contributed by atoms with E-state index in [0.29, 0.717) is 13.2 Å². The third-order valence-electron chi connectivity index (χ3n) is 0.897. The van der Waals surface area contributed by atoms with Crippen molar-refractivity contribution in [3.63, 3.8) is 0 Å². The molecule has 69 valence electrons. The zero-order valence-corrected chi connectivity index (χ0v) is 10.9. The van der Waals surface area contributed by atoms with Gasteiger partial charge in [0.15, 0.2) is 0 Å². The van der Waals surface area contributed by atoms with Gasteiger partial charge in [-0.05, 0) is 12.7 Å². The van der Waals surface area contributed by atoms with Crippen molar-refractivity contribution in [1.82, 2.24) is 0 Å². The second-order valence-electron chi connectivity index (χ2n) is 1.77. The third kappa shape index (κ3) is 10.9. The van der Waals surface area contributed by atoms with E-state index in [1.54, 1.807) is 6.92 Å². The van der Waals surface area contributed by atoms with Crippen LogP contribution in [0.15, 0.2) is 0 Å². The summed E-state index contributed by atoms with van der Waals surface area (Å²) in [6.45, 7) is 2.78. The number of thioether (sulfide) groups is 1. The molecule has 0 aromatic rings. The van der Waals surface area contributed by atoms with E-state index in [1.807, 2.05) is 0 Å². The first-order chi connectivity index (χ1) is 5.31. The van der Waals surface area contributed by atoms with Gasteiger partial charge in [-0.2, -0.15) is 0 Å². The van der Waals surface area contributed by atoms with Crippen LogP contribution in [0.3, 0.4) is 0 Å². The molecule has 3 nitrogen and oxygen atoms in total. The fourth-order valence-corrected chi connectivity index (χ4v) is 0.712. The van der Waals surface area contributed by atoms with Crippen molar-refractivity contribution in [3.8, 4) is 0 Å². The maximum absolute atomic E-state index is 10.6. The van der Waals surface area contributed by atoms with Crippen molar-refractivity contribution < 1.29 is 47.0 Å². The molecule has 0 aromatic carbocycles. The van der Waals surface area contributed by atoms with Gasteiger partial charge >= 0.3 is 5.97 Å². The fraction of sp³-hybridized carbons (Fsp3) is 0.714. The first kappa shape index (κ1) is 15.4. The third-order valence-corrected chi connectivity index (χ3v) is 1.35. The molecule has 0 atom stereocenters. The molecule has 0 saturated carbocycles. The Morgan fingerprint density at radius 2 is 2.25 bits per heavy atom. The van der Waals surface area contributed by atoms with Crippen molar-refractivity contribution in [2.75, 3.05) is 25.6 Å². The van der Waals surface area contributed by atoms with Gasteiger partial charge in [0, 0.05) is 32.7 Å². The average molecular weight is 266 g/mol. The van der Waals surface area contributed by atoms with Crippen LogP contribution in [0.2, 0.25) is 0 Å². The van der Waals surface area contributed by atoms with Crippen LogP contribution in [-0.2, 0) is 47.0 Å². The Bertz CT molecular complexity index is 111. The van der Waals surface area contributed by atoms with E-state index in [2.05, 4.69) is 11.0 Å². The minimum Gasteiger partial charge on any atom is -0.464 e. The Balaban J connectivity index is 0. The van der Waals surface area contributed by atoms with Crippen molar-refractivity contribution >= 4 is 17.7 Å². The molecule has 0 spiro atoms. The Hall–Kier alpha value is 0.884. The van der Waals surface area contributed by atoms with Gasteiger partial charge < -0.3 is 21.2 Å². The van der Waals surface area contributed by atoms with Crippen LogP contribution in [0.4, 0.5) is 0 Å². The van der Waals surface area contributed by atoms with Gasteiger partial charge in [0.2, 0.25) is 0 Å². The summed E-state index contributed by atoms with van der Waals surface area (Å²) in [5, 5.41) is 0. The molecule has 1 radical (unpaired) electrons. The zero-order valence-electron chi connectivity index (χ0n) is 7.25. The summed E-state index contributed by atoms with van der Waals surface area (Å²) in [4.78, 5) is 10.6. The molecule has 0 heterocycles. The van der Waals surface area contributed by atoms with E-state index < -0.39 is 0 Å². The SMILES string of the molecule is [CH2-]SCCOCC(=O)OCC.[Y]. The van der Waals surface area contributed by atoms with Gasteiger partial charge in [-0.15, -0.1) is 0 Å². The summed E-state index contributed by atoms with van der Waals surface area (Å²) in [5.74, 6) is 0.501. The molecule has 0 unspecified atom stereocenters. The van der Waals surface area contributed by atoms with Gasteiger partial charge in [0.25, 0.3) is 0 Å². The monoisotopic (exact) mass is 266 g/mol. The molecule has 5 heteroatoms. The molecule has 0 saturated heterocycles. The van der Waals surface area contributed by atoms with Crippen LogP contribution in [0, 0.1) is 6.26 Å². The molecule has 0 fully saturated rings. The summed E-state index contributed by atoms with van der Waals surface area (Å²) in [5.41, 5.74) is 0. The van der Waals surface area contributed by atoms with E-state index in [1.165, 1.54) is 11.8 Å². The maximum atomic E-state index is 10.6. The molecule has 0 aliphatic rings. The summed E-state index contributed by atoms with van der Waals surface area (Å²) in [6, 6.07) is 0. The molecule has 0 aliphatic heterocycles. The first-order valence-corrected chi connectivity index (χ1v) is 4.57. The summed E-state index contributed by atoms with van der Waals surface area (Å²) in [7, 11) is 0. The molecule has 0 amide bonds. The zero-order chi connectivity index (χ0) is 8.53. The minimum atomic E-state index is -0.304. The van der Waals surface area contributed by atoms with Gasteiger partial charge in [0.1, 0.15) is 6.61 Å². The molecule has 0 rings (SSSR count). The van der Waals surface area contributed by atoms with Gasteiger partial charge in [-0.1, -0.05) is 0 Å². The number of esters is 1. The molecule has 0 N–H and O–H groups in total. The Morgan fingerprint density at radius 3 is 2.75 bits per heavy atom. The fourth-order valence-electron chi connectivity index (χ4n) is 0.476. The maximum Gasteiger partial charge on any atom is 0.332 e. The number of rotatable bonds is 6. The first-order valence-electron chi connectivity index (χ1n) is 3.41. The van der Waals surface area contributed by atoms with Crippen LogP contribution >= 0.6 is 11.8 Å². The summed E-state index contributed by atoms with van der Waals surface area (Å²) >= 11 is 1.44. The van der Waals surface area contributed by atoms with Gasteiger partial charge in [-0.3, -0.25) is 6.26 Å². The minimum absolute atomic E-state index is 0. The van der Waals surface area contributed by atoms with Crippen molar-refractivity contribution in [2.24, 2.45) is 0 Å². The normalized spacial score (nSPS) is 8.83. The van der Waals surface area contributed by atoms with Crippen molar-refractivity contribution in [2.45, 2.75) is 6.92 Å². The second-order valence-corrected chi connectivity index (χ2v) is 2.58. The Kier molecular flexibility index (Phi) is 15.2. The molecular formula is C7H13O3SY-. The van der Waals surface area contributed by atoms with Crippen LogP contribution in [-0.4, -0.2) is 31.5 Å². The average Bonchev–Trinajstić information content (AvgIpc) is 1.99. The largest absolute Gasteiger partial charge is 0.464 e. The van der Waals surface area contributed by atoms with Crippen LogP contribution in [0.1, 0.15) is 6.92 Å². The van der Waals surface area contributed by atoms with E-state index in [0.717, 1.165) is 5.75 Å². The number of carbonyl (C=O) groups excluding carboxylic acids is 1. The van der Waals surface area contributed by atoms with Crippen LogP contribution in [0.5, 0.6) is 0 Å². The van der Waals surface area contributed by atoms with Crippen LogP contribution in [0.25, 0.3) is 0 Å². The van der Waals surface area contributed by atoms with E-state index in [4.69, 9.17) is 4.74 Å². The molecule has 0 bridgehead atoms. The molecule has 0 aromatic heterocycles. The summed E-state index contributed by atoms with van der Waals surface area (Å²) in [6.07, 6.45) is 3.56. The van der Waals surface area contributed by atoms with E-state index in [9.17, 15) is 4.79 Å².